The van der Waals surface area contributed by atoms with E-state index in [-0.39, 0.29) is 48.1 Å². The Morgan fingerprint density at radius 3 is 2.47 bits per heavy atom. The number of fused-ring (bicyclic) bond motifs is 5. The van der Waals surface area contributed by atoms with Crippen molar-refractivity contribution < 1.29 is 40.4 Å². The van der Waals surface area contributed by atoms with Gasteiger partial charge in [-0.15, -0.1) is 0 Å². The number of hydrogen-bond donors (Lipinski definition) is 7. The highest BCUT2D eigenvalue weighted by atomic mass is 16.5. The Morgan fingerprint density at radius 1 is 0.927 bits per heavy atom. The molecule has 0 aromatic rings. The lowest BCUT2D eigenvalue weighted by molar-refractivity contribution is -0.703. The van der Waals surface area contributed by atoms with Crippen LogP contribution in [-0.2, 0) is 9.53 Å². The lowest BCUT2D eigenvalue weighted by Crippen LogP contribution is -2.95. The zero-order valence-corrected chi connectivity index (χ0v) is 34.0. The van der Waals surface area contributed by atoms with Crippen molar-refractivity contribution in [3.8, 4) is 0 Å². The highest BCUT2D eigenvalue weighted by Gasteiger charge is 2.74. The van der Waals surface area contributed by atoms with Gasteiger partial charge in [0.15, 0.2) is 5.78 Å². The van der Waals surface area contributed by atoms with E-state index < -0.39 is 57.8 Å². The maximum Gasteiger partial charge on any atom is 0.159 e. The number of quaternary nitrogens is 1. The topological polar surface area (TPSA) is 170 Å². The average Bonchev–Trinajstić information content (AvgIpc) is 3.38. The standard InChI is InChI=1S/C46H72N2O7/c1-4-7-26-9-14-30-31-8-5-6-18-46(54,41(31)55-37(30)15-10-26)43(3,52)38-17-19-45(53)33-21-34(49)32-20-35(50)36(51)24-44(32)23-27(29-13-16-39(47)48-25-29)11-12-28(40(33)44)22-42(38,45)2/h11-12,21,26-32,35-41,48,50-54H,4-10,13-20,22-25,47H2,1-3H3/p+1. The molecular weight excluding hydrogens is 693 g/mol. The first-order chi connectivity index (χ1) is 26.2. The third kappa shape index (κ3) is 5.77. The number of ether oxygens (including phenoxy) is 1. The van der Waals surface area contributed by atoms with Crippen LogP contribution in [0.3, 0.4) is 0 Å². The van der Waals surface area contributed by atoms with Gasteiger partial charge in [0.05, 0.1) is 42.2 Å². The summed E-state index contributed by atoms with van der Waals surface area (Å²) < 4.78 is 7.05. The largest absolute Gasteiger partial charge is 0.390 e. The van der Waals surface area contributed by atoms with E-state index in [9.17, 15) is 30.3 Å². The van der Waals surface area contributed by atoms with Gasteiger partial charge in [-0.25, -0.2) is 0 Å². The van der Waals surface area contributed by atoms with Crippen molar-refractivity contribution >= 4 is 5.78 Å². The van der Waals surface area contributed by atoms with Crippen LogP contribution in [0.25, 0.3) is 0 Å². The number of ketones is 1. The van der Waals surface area contributed by atoms with Crippen molar-refractivity contribution in [1.82, 2.24) is 0 Å². The van der Waals surface area contributed by atoms with E-state index in [0.717, 1.165) is 69.4 Å². The molecule has 55 heavy (non-hydrogen) atoms. The van der Waals surface area contributed by atoms with Gasteiger partial charge < -0.3 is 35.6 Å². The molecule has 0 radical (unpaired) electrons. The Morgan fingerprint density at radius 2 is 1.71 bits per heavy atom. The normalized spacial score (nSPS) is 54.6. The van der Waals surface area contributed by atoms with Crippen LogP contribution in [-0.4, -0.2) is 85.2 Å². The van der Waals surface area contributed by atoms with Crippen LogP contribution in [0.15, 0.2) is 23.8 Å². The number of rotatable bonds is 5. The zero-order valence-electron chi connectivity index (χ0n) is 34.0. The minimum Gasteiger partial charge on any atom is -0.390 e. The summed E-state index contributed by atoms with van der Waals surface area (Å²) in [7, 11) is 0. The molecule has 0 aromatic heterocycles. The van der Waals surface area contributed by atoms with E-state index in [1.54, 1.807) is 6.08 Å². The van der Waals surface area contributed by atoms with E-state index >= 15 is 0 Å². The molecule has 19 atom stereocenters. The van der Waals surface area contributed by atoms with Gasteiger partial charge in [-0.2, -0.15) is 0 Å². The van der Waals surface area contributed by atoms with Gasteiger partial charge >= 0.3 is 0 Å². The quantitative estimate of drug-likeness (QED) is 0.204. The summed E-state index contributed by atoms with van der Waals surface area (Å²) in [5.74, 6) is 0.908. The first-order valence-corrected chi connectivity index (χ1v) is 22.9. The number of carbonyl (C=O) groups excluding carboxylic acids is 1. The van der Waals surface area contributed by atoms with E-state index in [1.165, 1.54) is 25.7 Å². The molecule has 308 valence electrons. The summed E-state index contributed by atoms with van der Waals surface area (Å²) >= 11 is 0. The molecule has 2 saturated heterocycles. The van der Waals surface area contributed by atoms with Gasteiger partial charge in [0.25, 0.3) is 0 Å². The Kier molecular flexibility index (Phi) is 9.97. The predicted molar refractivity (Wildman–Crippen MR) is 209 cm³/mol. The van der Waals surface area contributed by atoms with Gasteiger partial charge in [-0.1, -0.05) is 58.1 Å². The number of nitrogens with two attached hydrogens (primary N) is 2. The summed E-state index contributed by atoms with van der Waals surface area (Å²) in [6.45, 7) is 7.20. The van der Waals surface area contributed by atoms with Crippen molar-refractivity contribution in [3.63, 3.8) is 0 Å². The van der Waals surface area contributed by atoms with Gasteiger partial charge in [0, 0.05) is 23.7 Å². The molecule has 0 aromatic carbocycles. The van der Waals surface area contributed by atoms with Crippen molar-refractivity contribution in [1.29, 1.82) is 0 Å². The minimum atomic E-state index is -1.54. The third-order valence-electron chi connectivity index (χ3n) is 18.9. The van der Waals surface area contributed by atoms with Crippen molar-refractivity contribution in [2.45, 2.75) is 184 Å². The number of aliphatic hydroxyl groups excluding tert-OH is 2. The molecular formula is C46H73N2O7+. The first-order valence-electron chi connectivity index (χ1n) is 22.9. The smallest absolute Gasteiger partial charge is 0.159 e. The van der Waals surface area contributed by atoms with E-state index in [1.807, 2.05) is 6.92 Å². The number of hydrogen-bond acceptors (Lipinski definition) is 8. The number of allylic oxidation sites excluding steroid dienone is 3. The Labute approximate surface area is 329 Å². The van der Waals surface area contributed by atoms with Crippen LogP contribution in [0, 0.1) is 64.1 Å². The Hall–Kier alpha value is -1.17. The summed E-state index contributed by atoms with van der Waals surface area (Å²) in [5, 5.41) is 64.6. The summed E-state index contributed by atoms with van der Waals surface area (Å²) in [4.78, 5) is 14.5. The number of carbonyl (C=O) groups is 1. The first kappa shape index (κ1) is 39.3. The average molecular weight is 766 g/mol. The summed E-state index contributed by atoms with van der Waals surface area (Å²) in [5.41, 5.74) is 1.32. The molecule has 19 unspecified atom stereocenters. The van der Waals surface area contributed by atoms with Crippen LogP contribution in [0.4, 0.5) is 0 Å². The zero-order chi connectivity index (χ0) is 38.7. The molecule has 5 saturated carbocycles. The lowest BCUT2D eigenvalue weighted by atomic mass is 9.41. The van der Waals surface area contributed by atoms with E-state index in [0.29, 0.717) is 43.9 Å². The lowest BCUT2D eigenvalue weighted by Gasteiger charge is -2.64. The minimum absolute atomic E-state index is 0.0206. The molecule has 9 nitrogen and oxygen atoms in total. The monoisotopic (exact) mass is 766 g/mol. The van der Waals surface area contributed by atoms with Gasteiger partial charge in [0.1, 0.15) is 11.8 Å². The van der Waals surface area contributed by atoms with Crippen molar-refractivity contribution in [3.05, 3.63) is 23.8 Å². The highest BCUT2D eigenvalue weighted by Crippen LogP contribution is 2.73. The highest BCUT2D eigenvalue weighted by molar-refractivity contribution is 5.95. The fraction of sp³-hybridized carbons (Fsp3) is 0.891. The van der Waals surface area contributed by atoms with Crippen molar-refractivity contribution in [2.75, 3.05) is 6.54 Å². The molecule has 2 aliphatic heterocycles. The Bertz CT molecular complexity index is 1540. The maximum atomic E-state index is 14.5. The van der Waals surface area contributed by atoms with Gasteiger partial charge in [0.2, 0.25) is 0 Å². The van der Waals surface area contributed by atoms with Gasteiger partial charge in [-0.05, 0) is 142 Å². The molecule has 9 N–H and O–H groups in total. The number of aliphatic hydroxyl groups is 5. The third-order valence-corrected chi connectivity index (χ3v) is 18.9. The molecule has 0 bridgehead atoms. The summed E-state index contributed by atoms with van der Waals surface area (Å²) in [6, 6.07) is 0. The molecule has 2 heterocycles. The molecule has 1 spiro atoms. The maximum absolute atomic E-state index is 14.5. The van der Waals surface area contributed by atoms with Crippen molar-refractivity contribution in [2.24, 2.45) is 69.8 Å². The molecule has 0 amide bonds. The predicted octanol–water partition coefficient (Wildman–Crippen LogP) is 4.28. The molecule has 7 aliphatic carbocycles. The van der Waals surface area contributed by atoms with Crippen LogP contribution < -0.4 is 11.1 Å². The molecule has 7 fully saturated rings. The second-order valence-corrected chi connectivity index (χ2v) is 21.4. The fourth-order valence-electron chi connectivity index (χ4n) is 16.1. The Balaban J connectivity index is 1.08. The van der Waals surface area contributed by atoms with E-state index in [4.69, 9.17) is 10.5 Å². The molecule has 9 rings (SSSR count). The molecule has 9 aliphatic rings. The summed E-state index contributed by atoms with van der Waals surface area (Å²) in [6.07, 6.45) is 19.7. The van der Waals surface area contributed by atoms with Crippen LogP contribution in [0.1, 0.15) is 136 Å². The SMILES string of the molecule is CCCC1CCC2OC3C(CCCCC3(O)C(C)(O)C3CCC4(O)C5=CC(=O)C6CC(O)C(O)CC67CC(C6CCC(N)[NH2+]C6)C=CC(CC34C)C57)C2CC1. The van der Waals surface area contributed by atoms with Crippen LogP contribution in [0.5, 0.6) is 0 Å². The van der Waals surface area contributed by atoms with Crippen LogP contribution >= 0.6 is 0 Å². The second-order valence-electron chi connectivity index (χ2n) is 21.4. The second kappa shape index (κ2) is 14.0. The van der Waals surface area contributed by atoms with E-state index in [2.05, 4.69) is 31.3 Å². The number of piperidine rings is 1. The molecule has 9 heteroatoms. The van der Waals surface area contributed by atoms with Crippen LogP contribution in [0.2, 0.25) is 0 Å². The van der Waals surface area contributed by atoms with Gasteiger partial charge in [-0.3, -0.25) is 10.5 Å². The fourth-order valence-corrected chi connectivity index (χ4v) is 16.1.